The standard InChI is InChI=1S/C21H21FN2O3/c1-14(25)17-8-9-19(22)18(12-17)15-4-6-16(7-5-15)21(27)23-13-20(26)24-10-2-3-11-24/h4-9,12H,2-3,10-11,13H2,1H3,(H,23,27). The van der Waals surface area contributed by atoms with Crippen molar-refractivity contribution < 1.29 is 18.8 Å². The van der Waals surface area contributed by atoms with E-state index in [4.69, 9.17) is 0 Å². The molecule has 5 nitrogen and oxygen atoms in total. The number of nitrogens with one attached hydrogen (secondary N) is 1. The van der Waals surface area contributed by atoms with Crippen LogP contribution in [0.1, 0.15) is 40.5 Å². The van der Waals surface area contributed by atoms with Gasteiger partial charge in [-0.2, -0.15) is 0 Å². The largest absolute Gasteiger partial charge is 0.343 e. The molecule has 0 saturated carbocycles. The zero-order chi connectivity index (χ0) is 19.4. The van der Waals surface area contributed by atoms with Crippen LogP contribution in [0.3, 0.4) is 0 Å². The monoisotopic (exact) mass is 368 g/mol. The number of ketones is 1. The average molecular weight is 368 g/mol. The summed E-state index contributed by atoms with van der Waals surface area (Å²) in [5.41, 5.74) is 1.68. The van der Waals surface area contributed by atoms with Crippen molar-refractivity contribution in [2.45, 2.75) is 19.8 Å². The van der Waals surface area contributed by atoms with E-state index in [0.29, 0.717) is 22.3 Å². The van der Waals surface area contributed by atoms with Gasteiger partial charge < -0.3 is 10.2 Å². The normalized spacial score (nSPS) is 13.5. The lowest BCUT2D eigenvalue weighted by Crippen LogP contribution is -2.38. The molecule has 1 fully saturated rings. The first kappa shape index (κ1) is 18.8. The number of Topliss-reactive ketones (excluding diaryl/α,β-unsaturated/α-hetero) is 1. The SMILES string of the molecule is CC(=O)c1ccc(F)c(-c2ccc(C(=O)NCC(=O)N3CCCC3)cc2)c1. The van der Waals surface area contributed by atoms with Crippen LogP contribution in [0, 0.1) is 5.82 Å². The van der Waals surface area contributed by atoms with Crippen molar-refractivity contribution in [3.8, 4) is 11.1 Å². The maximum absolute atomic E-state index is 14.1. The molecule has 0 radical (unpaired) electrons. The highest BCUT2D eigenvalue weighted by atomic mass is 19.1. The van der Waals surface area contributed by atoms with E-state index in [9.17, 15) is 18.8 Å². The van der Waals surface area contributed by atoms with Gasteiger partial charge in [-0.3, -0.25) is 14.4 Å². The summed E-state index contributed by atoms with van der Waals surface area (Å²) >= 11 is 0. The smallest absolute Gasteiger partial charge is 0.251 e. The van der Waals surface area contributed by atoms with E-state index in [1.165, 1.54) is 25.1 Å². The highest BCUT2D eigenvalue weighted by Crippen LogP contribution is 2.24. The third-order valence-electron chi connectivity index (χ3n) is 4.69. The molecular formula is C21H21FN2O3. The molecule has 27 heavy (non-hydrogen) atoms. The van der Waals surface area contributed by atoms with Crippen LogP contribution in [0.15, 0.2) is 42.5 Å². The number of likely N-dealkylation sites (tertiary alicyclic amines) is 1. The Balaban J connectivity index is 1.68. The van der Waals surface area contributed by atoms with Crippen LogP contribution in [-0.2, 0) is 4.79 Å². The maximum atomic E-state index is 14.1. The lowest BCUT2D eigenvalue weighted by atomic mass is 10.00. The van der Waals surface area contributed by atoms with Gasteiger partial charge in [-0.05, 0) is 55.7 Å². The molecule has 6 heteroatoms. The summed E-state index contributed by atoms with van der Waals surface area (Å²) < 4.78 is 14.1. The van der Waals surface area contributed by atoms with Gasteiger partial charge in [0.05, 0.1) is 6.54 Å². The van der Waals surface area contributed by atoms with E-state index in [0.717, 1.165) is 25.9 Å². The number of hydrogen-bond donors (Lipinski definition) is 1. The van der Waals surface area contributed by atoms with Gasteiger partial charge in [0.2, 0.25) is 5.91 Å². The predicted octanol–water partition coefficient (Wildman–Crippen LogP) is 3.05. The van der Waals surface area contributed by atoms with Crippen LogP contribution in [0.2, 0.25) is 0 Å². The second kappa shape index (κ2) is 8.12. The van der Waals surface area contributed by atoms with E-state index < -0.39 is 5.82 Å². The number of halogens is 1. The molecule has 0 atom stereocenters. The third-order valence-corrected chi connectivity index (χ3v) is 4.69. The topological polar surface area (TPSA) is 66.5 Å². The van der Waals surface area contributed by atoms with Crippen molar-refractivity contribution in [2.24, 2.45) is 0 Å². The third kappa shape index (κ3) is 4.39. The van der Waals surface area contributed by atoms with Gasteiger partial charge >= 0.3 is 0 Å². The highest BCUT2D eigenvalue weighted by Gasteiger charge is 2.18. The number of amides is 2. The zero-order valence-corrected chi connectivity index (χ0v) is 15.1. The molecule has 2 amide bonds. The lowest BCUT2D eigenvalue weighted by molar-refractivity contribution is -0.129. The summed E-state index contributed by atoms with van der Waals surface area (Å²) in [5, 5.41) is 2.62. The summed E-state index contributed by atoms with van der Waals surface area (Å²) in [6.07, 6.45) is 2.01. The predicted molar refractivity (Wildman–Crippen MR) is 100.0 cm³/mol. The van der Waals surface area contributed by atoms with Crippen LogP contribution in [-0.4, -0.2) is 42.1 Å². The minimum absolute atomic E-state index is 0.0319. The van der Waals surface area contributed by atoms with Crippen molar-refractivity contribution >= 4 is 17.6 Å². The Labute approximate surface area is 157 Å². The van der Waals surface area contributed by atoms with Crippen molar-refractivity contribution in [3.63, 3.8) is 0 Å². The Morgan fingerprint density at radius 1 is 1.00 bits per heavy atom. The first-order valence-electron chi connectivity index (χ1n) is 8.92. The van der Waals surface area contributed by atoms with Crippen LogP contribution < -0.4 is 5.32 Å². The molecule has 3 rings (SSSR count). The van der Waals surface area contributed by atoms with Crippen LogP contribution in [0.4, 0.5) is 4.39 Å². The molecular weight excluding hydrogens is 347 g/mol. The van der Waals surface area contributed by atoms with Gasteiger partial charge in [0.25, 0.3) is 5.91 Å². The molecule has 1 N–H and O–H groups in total. The van der Waals surface area contributed by atoms with Crippen molar-refractivity contribution in [3.05, 3.63) is 59.4 Å². The Morgan fingerprint density at radius 2 is 1.63 bits per heavy atom. The van der Waals surface area contributed by atoms with Crippen molar-refractivity contribution in [2.75, 3.05) is 19.6 Å². The first-order chi connectivity index (χ1) is 13.0. The molecule has 2 aromatic rings. The summed E-state index contributed by atoms with van der Waals surface area (Å²) in [6.45, 7) is 2.88. The lowest BCUT2D eigenvalue weighted by Gasteiger charge is -2.15. The Morgan fingerprint density at radius 3 is 2.26 bits per heavy atom. The number of nitrogens with zero attached hydrogens (tertiary/aromatic N) is 1. The van der Waals surface area contributed by atoms with Gasteiger partial charge in [0.1, 0.15) is 5.82 Å². The fourth-order valence-corrected chi connectivity index (χ4v) is 3.10. The van der Waals surface area contributed by atoms with Crippen LogP contribution >= 0.6 is 0 Å². The van der Waals surface area contributed by atoms with Crippen LogP contribution in [0.5, 0.6) is 0 Å². The molecule has 1 saturated heterocycles. The summed E-state index contributed by atoms with van der Waals surface area (Å²) in [6, 6.07) is 10.6. The summed E-state index contributed by atoms with van der Waals surface area (Å²) in [5.74, 6) is -1.02. The molecule has 0 aromatic heterocycles. The summed E-state index contributed by atoms with van der Waals surface area (Å²) in [4.78, 5) is 37.5. The molecule has 0 unspecified atom stereocenters. The number of carbonyl (C=O) groups is 3. The van der Waals surface area contributed by atoms with Crippen molar-refractivity contribution in [1.29, 1.82) is 0 Å². The number of hydrogen-bond acceptors (Lipinski definition) is 3. The molecule has 140 valence electrons. The number of carbonyl (C=O) groups excluding carboxylic acids is 3. The number of benzene rings is 2. The average Bonchev–Trinajstić information content (AvgIpc) is 3.21. The zero-order valence-electron chi connectivity index (χ0n) is 15.1. The Bertz CT molecular complexity index is 871. The second-order valence-corrected chi connectivity index (χ2v) is 6.60. The fourth-order valence-electron chi connectivity index (χ4n) is 3.10. The Hall–Kier alpha value is -3.02. The van der Waals surface area contributed by atoms with E-state index in [-0.39, 0.29) is 24.1 Å². The number of rotatable bonds is 5. The van der Waals surface area contributed by atoms with E-state index in [1.807, 2.05) is 0 Å². The van der Waals surface area contributed by atoms with E-state index in [2.05, 4.69) is 5.32 Å². The minimum Gasteiger partial charge on any atom is -0.343 e. The quantitative estimate of drug-likeness (QED) is 0.825. The molecule has 0 spiro atoms. The molecule has 1 aliphatic heterocycles. The van der Waals surface area contributed by atoms with Gasteiger partial charge in [0.15, 0.2) is 5.78 Å². The Kier molecular flexibility index (Phi) is 5.64. The molecule has 1 heterocycles. The molecule has 0 aliphatic carbocycles. The van der Waals surface area contributed by atoms with E-state index in [1.54, 1.807) is 29.2 Å². The fraction of sp³-hybridized carbons (Fsp3) is 0.286. The summed E-state index contributed by atoms with van der Waals surface area (Å²) in [7, 11) is 0. The van der Waals surface area contributed by atoms with Gasteiger partial charge in [0, 0.05) is 29.8 Å². The highest BCUT2D eigenvalue weighted by molar-refractivity contribution is 5.97. The van der Waals surface area contributed by atoms with Gasteiger partial charge in [-0.25, -0.2) is 4.39 Å². The molecule has 0 bridgehead atoms. The first-order valence-corrected chi connectivity index (χ1v) is 8.92. The van der Waals surface area contributed by atoms with Gasteiger partial charge in [-0.15, -0.1) is 0 Å². The van der Waals surface area contributed by atoms with E-state index >= 15 is 0 Å². The second-order valence-electron chi connectivity index (χ2n) is 6.60. The maximum Gasteiger partial charge on any atom is 0.251 e. The van der Waals surface area contributed by atoms with Crippen LogP contribution in [0.25, 0.3) is 11.1 Å². The van der Waals surface area contributed by atoms with Gasteiger partial charge in [-0.1, -0.05) is 12.1 Å². The minimum atomic E-state index is -0.437. The molecule has 2 aromatic carbocycles. The van der Waals surface area contributed by atoms with Crippen molar-refractivity contribution in [1.82, 2.24) is 10.2 Å². The molecule has 1 aliphatic rings.